The standard InChI is InChI=1S/C26H26N4O2/c31-26(24-4-1-3-21(15-24)16-29-10-9-27-19-29)30-11-12-32-18-22(17-30)13-20-6-7-25-23(14-20)5-2-8-28-25/h1-10,14-15,19,22H,11-13,16-18H2/t22-/m0/s1. The zero-order chi connectivity index (χ0) is 21.8. The van der Waals surface area contributed by atoms with Crippen molar-refractivity contribution in [3.63, 3.8) is 0 Å². The summed E-state index contributed by atoms with van der Waals surface area (Å²) in [6, 6.07) is 18.3. The van der Waals surface area contributed by atoms with Crippen LogP contribution in [0, 0.1) is 5.92 Å². The van der Waals surface area contributed by atoms with E-state index in [4.69, 9.17) is 4.74 Å². The number of amides is 1. The first-order valence-electron chi connectivity index (χ1n) is 11.0. The highest BCUT2D eigenvalue weighted by atomic mass is 16.5. The Balaban J connectivity index is 1.29. The van der Waals surface area contributed by atoms with Crippen LogP contribution in [0.25, 0.3) is 10.9 Å². The Labute approximate surface area is 187 Å². The Hall–Kier alpha value is -3.51. The summed E-state index contributed by atoms with van der Waals surface area (Å²) in [6.45, 7) is 3.23. The SMILES string of the molecule is O=C(c1cccc(Cn2ccnc2)c1)N1CCOC[C@@H](Cc2ccc3ncccc3c2)C1. The summed E-state index contributed by atoms with van der Waals surface area (Å²) in [5.41, 5.74) is 4.05. The van der Waals surface area contributed by atoms with Crippen molar-refractivity contribution in [2.24, 2.45) is 5.92 Å². The van der Waals surface area contributed by atoms with E-state index < -0.39 is 0 Å². The molecule has 1 saturated heterocycles. The van der Waals surface area contributed by atoms with E-state index in [-0.39, 0.29) is 11.8 Å². The highest BCUT2D eigenvalue weighted by molar-refractivity contribution is 5.94. The van der Waals surface area contributed by atoms with Gasteiger partial charge in [0.25, 0.3) is 5.91 Å². The molecular formula is C26H26N4O2. The van der Waals surface area contributed by atoms with Crippen LogP contribution in [-0.2, 0) is 17.7 Å². The van der Waals surface area contributed by atoms with E-state index in [1.54, 1.807) is 12.5 Å². The average Bonchev–Trinajstić information content (AvgIpc) is 3.22. The third-order valence-electron chi connectivity index (χ3n) is 5.91. The van der Waals surface area contributed by atoms with Crippen molar-refractivity contribution < 1.29 is 9.53 Å². The largest absolute Gasteiger partial charge is 0.379 e. The van der Waals surface area contributed by atoms with E-state index in [2.05, 4.69) is 34.2 Å². The Morgan fingerprint density at radius 1 is 1.06 bits per heavy atom. The van der Waals surface area contributed by atoms with Crippen LogP contribution in [0.4, 0.5) is 0 Å². The van der Waals surface area contributed by atoms with Crippen LogP contribution in [0.15, 0.2) is 79.5 Å². The topological polar surface area (TPSA) is 60.2 Å². The molecule has 1 atom stereocenters. The van der Waals surface area contributed by atoms with Gasteiger partial charge in [0.1, 0.15) is 0 Å². The minimum atomic E-state index is 0.0655. The van der Waals surface area contributed by atoms with Crippen LogP contribution in [0.5, 0.6) is 0 Å². The number of carbonyl (C=O) groups is 1. The van der Waals surface area contributed by atoms with E-state index >= 15 is 0 Å². The summed E-state index contributed by atoms with van der Waals surface area (Å²) < 4.78 is 7.86. The zero-order valence-electron chi connectivity index (χ0n) is 17.9. The van der Waals surface area contributed by atoms with Crippen molar-refractivity contribution in [1.29, 1.82) is 0 Å². The van der Waals surface area contributed by atoms with Gasteiger partial charge in [-0.25, -0.2) is 4.98 Å². The van der Waals surface area contributed by atoms with E-state index in [1.807, 2.05) is 52.2 Å². The summed E-state index contributed by atoms with van der Waals surface area (Å²) in [6.07, 6.45) is 8.16. The van der Waals surface area contributed by atoms with E-state index in [0.29, 0.717) is 32.8 Å². The Morgan fingerprint density at radius 2 is 2.03 bits per heavy atom. The quantitative estimate of drug-likeness (QED) is 0.487. The third-order valence-corrected chi connectivity index (χ3v) is 5.91. The van der Waals surface area contributed by atoms with Gasteiger partial charge >= 0.3 is 0 Å². The molecule has 6 heteroatoms. The molecule has 1 aliphatic rings. The van der Waals surface area contributed by atoms with E-state index in [9.17, 15) is 4.79 Å². The lowest BCUT2D eigenvalue weighted by Gasteiger charge is -2.24. The van der Waals surface area contributed by atoms with Gasteiger partial charge in [0, 0.05) is 55.1 Å². The van der Waals surface area contributed by atoms with Crippen LogP contribution < -0.4 is 0 Å². The van der Waals surface area contributed by atoms with Gasteiger partial charge in [0.2, 0.25) is 0 Å². The van der Waals surface area contributed by atoms with E-state index in [0.717, 1.165) is 28.5 Å². The van der Waals surface area contributed by atoms with E-state index in [1.165, 1.54) is 5.56 Å². The van der Waals surface area contributed by atoms with Crippen LogP contribution in [-0.4, -0.2) is 51.6 Å². The predicted octanol–water partition coefficient (Wildman–Crippen LogP) is 3.81. The van der Waals surface area contributed by atoms with Gasteiger partial charge in [0.15, 0.2) is 0 Å². The second kappa shape index (κ2) is 9.32. The number of carbonyl (C=O) groups excluding carboxylic acids is 1. The molecule has 0 unspecified atom stereocenters. The van der Waals surface area contributed by atoms with Gasteiger partial charge in [-0.15, -0.1) is 0 Å². The van der Waals surface area contributed by atoms with Crippen LogP contribution >= 0.6 is 0 Å². The van der Waals surface area contributed by atoms with Crippen molar-refractivity contribution in [3.8, 4) is 0 Å². The maximum absolute atomic E-state index is 13.3. The molecule has 4 aromatic rings. The predicted molar refractivity (Wildman–Crippen MR) is 123 cm³/mol. The summed E-state index contributed by atoms with van der Waals surface area (Å²) in [7, 11) is 0. The number of pyridine rings is 1. The lowest BCUT2D eigenvalue weighted by atomic mass is 9.98. The lowest BCUT2D eigenvalue weighted by Crippen LogP contribution is -2.36. The van der Waals surface area contributed by atoms with Gasteiger partial charge in [-0.2, -0.15) is 0 Å². The molecule has 32 heavy (non-hydrogen) atoms. The monoisotopic (exact) mass is 426 g/mol. The molecule has 6 nitrogen and oxygen atoms in total. The van der Waals surface area contributed by atoms with Gasteiger partial charge in [0.05, 0.1) is 25.1 Å². The number of hydrogen-bond donors (Lipinski definition) is 0. The minimum absolute atomic E-state index is 0.0655. The first kappa shape index (κ1) is 20.4. The second-order valence-corrected chi connectivity index (χ2v) is 8.36. The normalized spacial score (nSPS) is 16.8. The second-order valence-electron chi connectivity index (χ2n) is 8.36. The van der Waals surface area contributed by atoms with Crippen LogP contribution in [0.3, 0.4) is 0 Å². The van der Waals surface area contributed by atoms with Crippen molar-refractivity contribution >= 4 is 16.8 Å². The van der Waals surface area contributed by atoms with Gasteiger partial charge in [-0.3, -0.25) is 9.78 Å². The fourth-order valence-electron chi connectivity index (χ4n) is 4.35. The number of nitrogens with zero attached hydrogens (tertiary/aromatic N) is 4. The van der Waals surface area contributed by atoms with Crippen molar-refractivity contribution in [2.75, 3.05) is 26.3 Å². The number of benzene rings is 2. The summed E-state index contributed by atoms with van der Waals surface area (Å²) in [5, 5.41) is 1.14. The van der Waals surface area contributed by atoms with Crippen LogP contribution in [0.1, 0.15) is 21.5 Å². The van der Waals surface area contributed by atoms with Gasteiger partial charge in [-0.05, 0) is 47.9 Å². The molecule has 1 aliphatic heterocycles. The molecule has 5 rings (SSSR count). The zero-order valence-corrected chi connectivity index (χ0v) is 17.9. The molecule has 0 aliphatic carbocycles. The van der Waals surface area contributed by atoms with Gasteiger partial charge < -0.3 is 14.2 Å². The molecule has 1 amide bonds. The molecule has 0 saturated carbocycles. The molecule has 2 aromatic heterocycles. The molecule has 162 valence electrons. The summed E-state index contributed by atoms with van der Waals surface area (Å²) >= 11 is 0. The molecular weight excluding hydrogens is 400 g/mol. The van der Waals surface area contributed by atoms with Crippen molar-refractivity contribution in [3.05, 3.63) is 96.2 Å². The fraction of sp³-hybridized carbons (Fsp3) is 0.269. The lowest BCUT2D eigenvalue weighted by molar-refractivity contribution is 0.0737. The minimum Gasteiger partial charge on any atom is -0.379 e. The molecule has 0 N–H and O–H groups in total. The fourth-order valence-corrected chi connectivity index (χ4v) is 4.35. The van der Waals surface area contributed by atoms with Gasteiger partial charge in [-0.1, -0.05) is 24.3 Å². The summed E-state index contributed by atoms with van der Waals surface area (Å²) in [4.78, 5) is 23.8. The highest BCUT2D eigenvalue weighted by Gasteiger charge is 2.24. The Morgan fingerprint density at radius 3 is 2.94 bits per heavy atom. The third kappa shape index (κ3) is 4.70. The van der Waals surface area contributed by atoms with Crippen molar-refractivity contribution in [1.82, 2.24) is 19.4 Å². The Kier molecular flexibility index (Phi) is 5.94. The maximum atomic E-state index is 13.3. The van der Waals surface area contributed by atoms with Crippen LogP contribution in [0.2, 0.25) is 0 Å². The Bertz CT molecular complexity index is 1210. The molecule has 3 heterocycles. The van der Waals surface area contributed by atoms with Crippen molar-refractivity contribution in [2.45, 2.75) is 13.0 Å². The number of aromatic nitrogens is 3. The smallest absolute Gasteiger partial charge is 0.253 e. The summed E-state index contributed by atoms with van der Waals surface area (Å²) in [5.74, 6) is 0.320. The first-order chi connectivity index (χ1) is 15.7. The molecule has 2 aromatic carbocycles. The highest BCUT2D eigenvalue weighted by Crippen LogP contribution is 2.20. The number of rotatable bonds is 5. The number of ether oxygens (including phenoxy) is 1. The molecule has 1 fully saturated rings. The molecule has 0 spiro atoms. The first-order valence-corrected chi connectivity index (χ1v) is 11.0. The average molecular weight is 427 g/mol. The number of hydrogen-bond acceptors (Lipinski definition) is 4. The number of imidazole rings is 1. The number of fused-ring (bicyclic) bond motifs is 1. The molecule has 0 radical (unpaired) electrons. The maximum Gasteiger partial charge on any atom is 0.253 e. The molecule has 0 bridgehead atoms.